The Labute approximate surface area is 161 Å². The van der Waals surface area contributed by atoms with Gasteiger partial charge in [-0.25, -0.2) is 18.4 Å². The molecule has 0 unspecified atom stereocenters. The van der Waals surface area contributed by atoms with Gasteiger partial charge in [0.2, 0.25) is 11.9 Å². The maximum absolute atomic E-state index is 12.8. The van der Waals surface area contributed by atoms with Gasteiger partial charge in [0.25, 0.3) is 0 Å². The van der Waals surface area contributed by atoms with E-state index in [0.29, 0.717) is 24.0 Å². The average Bonchev–Trinajstić information content (AvgIpc) is 3.07. The topological polar surface area (TPSA) is 83.5 Å². The minimum Gasteiger partial charge on any atom is -0.341 e. The number of likely N-dealkylation sites (tertiary alicyclic amines) is 1. The van der Waals surface area contributed by atoms with Gasteiger partial charge in [0.15, 0.2) is 9.84 Å². The van der Waals surface area contributed by atoms with Gasteiger partial charge in [0.05, 0.1) is 16.7 Å². The summed E-state index contributed by atoms with van der Waals surface area (Å²) in [5.74, 6) is 0.919. The first kappa shape index (κ1) is 18.7. The van der Waals surface area contributed by atoms with E-state index in [2.05, 4.69) is 16.8 Å². The number of carbonyl (C=O) groups is 1. The van der Waals surface area contributed by atoms with Crippen molar-refractivity contribution >= 4 is 21.7 Å². The van der Waals surface area contributed by atoms with E-state index in [4.69, 9.17) is 4.98 Å². The molecule has 3 aliphatic rings. The lowest BCUT2D eigenvalue weighted by molar-refractivity contribution is -0.133. The summed E-state index contributed by atoms with van der Waals surface area (Å²) in [6.45, 7) is 8.52. The Hall–Kier alpha value is -1.70. The van der Waals surface area contributed by atoms with E-state index in [-0.39, 0.29) is 30.0 Å². The molecule has 2 saturated heterocycles. The van der Waals surface area contributed by atoms with Gasteiger partial charge in [-0.2, -0.15) is 0 Å². The van der Waals surface area contributed by atoms with Crippen molar-refractivity contribution in [1.82, 2.24) is 14.9 Å². The number of piperidine rings is 1. The molecule has 1 aromatic heterocycles. The zero-order valence-electron chi connectivity index (χ0n) is 16.3. The van der Waals surface area contributed by atoms with Crippen molar-refractivity contribution in [2.75, 3.05) is 31.1 Å². The zero-order chi connectivity index (χ0) is 19.3. The molecule has 4 rings (SSSR count). The molecule has 0 saturated carbocycles. The van der Waals surface area contributed by atoms with Crippen molar-refractivity contribution in [3.63, 3.8) is 0 Å². The fourth-order valence-electron chi connectivity index (χ4n) is 4.64. The lowest BCUT2D eigenvalue weighted by Gasteiger charge is -2.32. The maximum atomic E-state index is 12.8. The Balaban J connectivity index is 1.68. The van der Waals surface area contributed by atoms with Crippen molar-refractivity contribution < 1.29 is 13.2 Å². The molecule has 0 bridgehead atoms. The van der Waals surface area contributed by atoms with E-state index < -0.39 is 15.1 Å². The van der Waals surface area contributed by atoms with Crippen molar-refractivity contribution in [3.05, 3.63) is 17.5 Å². The third kappa shape index (κ3) is 3.32. The molecule has 3 atom stereocenters. The lowest BCUT2D eigenvalue weighted by Crippen LogP contribution is -2.38. The van der Waals surface area contributed by atoms with Gasteiger partial charge in [-0.3, -0.25) is 4.79 Å². The molecule has 148 valence electrons. The van der Waals surface area contributed by atoms with E-state index in [1.165, 1.54) is 6.42 Å². The average molecular weight is 393 g/mol. The number of amides is 1. The second kappa shape index (κ2) is 6.72. The van der Waals surface area contributed by atoms with Crippen LogP contribution in [0.2, 0.25) is 0 Å². The Morgan fingerprint density at radius 2 is 2.04 bits per heavy atom. The molecule has 1 amide bonds. The van der Waals surface area contributed by atoms with Crippen LogP contribution in [0.15, 0.2) is 6.20 Å². The van der Waals surface area contributed by atoms with Crippen molar-refractivity contribution in [2.24, 2.45) is 11.8 Å². The summed E-state index contributed by atoms with van der Waals surface area (Å²) in [7, 11) is -3.30. The Bertz CT molecular complexity index is 855. The Morgan fingerprint density at radius 1 is 1.26 bits per heavy atom. The van der Waals surface area contributed by atoms with Crippen molar-refractivity contribution in [3.8, 4) is 0 Å². The molecule has 7 nitrogen and oxygen atoms in total. The van der Waals surface area contributed by atoms with Gasteiger partial charge < -0.3 is 9.80 Å². The maximum Gasteiger partial charge on any atom is 0.225 e. The number of hydrogen-bond acceptors (Lipinski definition) is 6. The molecule has 1 aromatic rings. The number of rotatable bonds is 2. The van der Waals surface area contributed by atoms with Gasteiger partial charge in [-0.05, 0) is 18.8 Å². The second-order valence-corrected chi connectivity index (χ2v) is 10.8. The first-order valence-corrected chi connectivity index (χ1v) is 11.6. The van der Waals surface area contributed by atoms with Crippen LogP contribution in [-0.4, -0.2) is 60.6 Å². The van der Waals surface area contributed by atoms with Gasteiger partial charge >= 0.3 is 0 Å². The summed E-state index contributed by atoms with van der Waals surface area (Å²) in [5.41, 5.74) is 1.53. The quantitative estimate of drug-likeness (QED) is 0.760. The summed E-state index contributed by atoms with van der Waals surface area (Å²) < 4.78 is 25.6. The van der Waals surface area contributed by atoms with Crippen LogP contribution >= 0.6 is 0 Å². The summed E-state index contributed by atoms with van der Waals surface area (Å²) >= 11 is 0. The summed E-state index contributed by atoms with van der Waals surface area (Å²) in [6.07, 6.45) is 4.03. The molecule has 0 spiro atoms. The minimum atomic E-state index is -3.30. The van der Waals surface area contributed by atoms with Gasteiger partial charge in [-0.1, -0.05) is 20.8 Å². The largest absolute Gasteiger partial charge is 0.341 e. The van der Waals surface area contributed by atoms with E-state index >= 15 is 0 Å². The molecule has 3 aliphatic heterocycles. The van der Waals surface area contributed by atoms with Crippen molar-refractivity contribution in [1.29, 1.82) is 0 Å². The third-order valence-electron chi connectivity index (χ3n) is 6.07. The van der Waals surface area contributed by atoms with Crippen LogP contribution in [0.3, 0.4) is 0 Å². The van der Waals surface area contributed by atoms with Crippen LogP contribution < -0.4 is 4.90 Å². The molecular formula is C19H28N4O3S. The predicted octanol–water partition coefficient (Wildman–Crippen LogP) is 1.59. The van der Waals surface area contributed by atoms with Crippen LogP contribution in [0.5, 0.6) is 0 Å². The molecular weight excluding hydrogens is 364 g/mol. The van der Waals surface area contributed by atoms with Crippen molar-refractivity contribution in [2.45, 2.75) is 50.5 Å². The molecule has 27 heavy (non-hydrogen) atoms. The van der Waals surface area contributed by atoms with Crippen LogP contribution in [0.25, 0.3) is 0 Å². The minimum absolute atomic E-state index is 0.0142. The first-order chi connectivity index (χ1) is 12.8. The predicted molar refractivity (Wildman–Crippen MR) is 103 cm³/mol. The zero-order valence-corrected chi connectivity index (χ0v) is 17.1. The van der Waals surface area contributed by atoms with Gasteiger partial charge in [0.1, 0.15) is 0 Å². The summed E-state index contributed by atoms with van der Waals surface area (Å²) in [5, 5.41) is -0.546. The number of sulfone groups is 1. The highest BCUT2D eigenvalue weighted by molar-refractivity contribution is 7.91. The SMILES string of the molecule is CC(C)C(=O)N1C[C@@H]2c3nc(N4CCC[C@H](C)C4)ncc3CS(=O)(=O)[C@@H]2C1. The van der Waals surface area contributed by atoms with Crippen LogP contribution in [0.4, 0.5) is 5.95 Å². The molecule has 8 heteroatoms. The van der Waals surface area contributed by atoms with Gasteiger partial charge in [-0.15, -0.1) is 0 Å². The monoisotopic (exact) mass is 392 g/mol. The summed E-state index contributed by atoms with van der Waals surface area (Å²) in [4.78, 5) is 25.7. The number of anilines is 1. The highest BCUT2D eigenvalue weighted by Crippen LogP contribution is 2.40. The first-order valence-electron chi connectivity index (χ1n) is 9.87. The molecule has 0 aliphatic carbocycles. The normalized spacial score (nSPS) is 29.6. The fourth-order valence-corrected chi connectivity index (χ4v) is 6.63. The van der Waals surface area contributed by atoms with Crippen LogP contribution in [-0.2, 0) is 20.4 Å². The smallest absolute Gasteiger partial charge is 0.225 e. The summed E-state index contributed by atoms with van der Waals surface area (Å²) in [6, 6.07) is 0. The fraction of sp³-hybridized carbons (Fsp3) is 0.737. The highest BCUT2D eigenvalue weighted by Gasteiger charge is 2.48. The Morgan fingerprint density at radius 3 is 2.74 bits per heavy atom. The molecule has 0 aromatic carbocycles. The molecule has 0 radical (unpaired) electrons. The third-order valence-corrected chi connectivity index (χ3v) is 8.18. The lowest BCUT2D eigenvalue weighted by atomic mass is 9.99. The van der Waals surface area contributed by atoms with E-state index in [1.807, 2.05) is 13.8 Å². The number of hydrogen-bond donors (Lipinski definition) is 0. The number of fused-ring (bicyclic) bond motifs is 3. The number of carbonyl (C=O) groups excluding carboxylic acids is 1. The number of aromatic nitrogens is 2. The molecule has 4 heterocycles. The molecule has 0 N–H and O–H groups in total. The highest BCUT2D eigenvalue weighted by atomic mass is 32.2. The number of nitrogens with zero attached hydrogens (tertiary/aromatic N) is 4. The van der Waals surface area contributed by atoms with E-state index in [1.54, 1.807) is 11.1 Å². The standard InChI is InChI=1S/C19H28N4O3S/c1-12(2)18(24)23-9-15-16(10-23)27(25,26)11-14-7-20-19(21-17(14)15)22-6-4-5-13(3)8-22/h7,12-13,15-16H,4-6,8-11H2,1-3H3/t13-,15-,16+/m0/s1. The van der Waals surface area contributed by atoms with Gasteiger partial charge in [0, 0.05) is 49.8 Å². The van der Waals surface area contributed by atoms with E-state index in [9.17, 15) is 13.2 Å². The van der Waals surface area contributed by atoms with Crippen LogP contribution in [0.1, 0.15) is 50.8 Å². The van der Waals surface area contributed by atoms with Crippen LogP contribution in [0, 0.1) is 11.8 Å². The second-order valence-electron chi connectivity index (χ2n) is 8.62. The molecule has 2 fully saturated rings. The Kier molecular flexibility index (Phi) is 4.64. The van der Waals surface area contributed by atoms with E-state index in [0.717, 1.165) is 25.2 Å².